The zero-order valence-electron chi connectivity index (χ0n) is 13.6. The summed E-state index contributed by atoms with van der Waals surface area (Å²) in [6.07, 6.45) is 0. The second-order valence-corrected chi connectivity index (χ2v) is 7.61. The lowest BCUT2D eigenvalue weighted by molar-refractivity contribution is 0.412. The van der Waals surface area contributed by atoms with Crippen molar-refractivity contribution in [1.82, 2.24) is 0 Å². The molecule has 2 N–H and O–H groups in total. The lowest BCUT2D eigenvalue weighted by atomic mass is 9.92. The van der Waals surface area contributed by atoms with Gasteiger partial charge in [-0.05, 0) is 23.8 Å². The van der Waals surface area contributed by atoms with Crippen LogP contribution in [0.25, 0.3) is 22.3 Å². The molecule has 0 unspecified atom stereocenters. The van der Waals surface area contributed by atoms with Crippen molar-refractivity contribution in [3.05, 3.63) is 76.6 Å². The van der Waals surface area contributed by atoms with Gasteiger partial charge in [0.2, 0.25) is 10.0 Å². The van der Waals surface area contributed by atoms with Crippen LogP contribution in [0.4, 0.5) is 22.0 Å². The summed E-state index contributed by atoms with van der Waals surface area (Å²) in [6.45, 7) is 0. The van der Waals surface area contributed by atoms with Crippen LogP contribution in [0.5, 0.6) is 0 Å². The quantitative estimate of drug-likeness (QED) is 0.358. The number of nitrogens with two attached hydrogens (primary N) is 1. The average Bonchev–Trinajstić information content (AvgIpc) is 2.64. The standard InChI is InChI=1S/C18H9ClF5NO2S/c19-10-6-5-8(7-11(10)20)13-14(16(22)18(24)17(23)15(13)21)9-3-1-2-4-12(9)28(25,26)27/h1-7H,(H2,25,26,27). The first-order chi connectivity index (χ1) is 13.0. The summed E-state index contributed by atoms with van der Waals surface area (Å²) < 4.78 is 94.7. The predicted octanol–water partition coefficient (Wildman–Crippen LogP) is 5.02. The smallest absolute Gasteiger partial charge is 0.225 e. The molecule has 0 aliphatic rings. The molecular formula is C18H9ClF5NO2S. The second-order valence-electron chi connectivity index (χ2n) is 5.68. The highest BCUT2D eigenvalue weighted by Gasteiger charge is 2.30. The van der Waals surface area contributed by atoms with E-state index >= 15 is 0 Å². The molecule has 0 saturated heterocycles. The monoisotopic (exact) mass is 433 g/mol. The van der Waals surface area contributed by atoms with Gasteiger partial charge in [-0.25, -0.2) is 35.5 Å². The van der Waals surface area contributed by atoms with Gasteiger partial charge < -0.3 is 0 Å². The van der Waals surface area contributed by atoms with Crippen molar-refractivity contribution in [2.45, 2.75) is 4.90 Å². The van der Waals surface area contributed by atoms with Crippen LogP contribution in [0.2, 0.25) is 5.02 Å². The van der Waals surface area contributed by atoms with E-state index in [9.17, 15) is 30.4 Å². The number of hydrogen-bond acceptors (Lipinski definition) is 2. The van der Waals surface area contributed by atoms with Gasteiger partial charge in [-0.2, -0.15) is 0 Å². The summed E-state index contributed by atoms with van der Waals surface area (Å²) in [5.41, 5.74) is -2.73. The molecule has 28 heavy (non-hydrogen) atoms. The van der Waals surface area contributed by atoms with Crippen LogP contribution in [-0.4, -0.2) is 8.42 Å². The Morgan fingerprint density at radius 2 is 1.36 bits per heavy atom. The van der Waals surface area contributed by atoms with E-state index < -0.39 is 66.3 Å². The Hall–Kier alpha value is -2.49. The van der Waals surface area contributed by atoms with Gasteiger partial charge in [0.05, 0.1) is 9.92 Å². The van der Waals surface area contributed by atoms with E-state index in [1.54, 1.807) is 0 Å². The van der Waals surface area contributed by atoms with Gasteiger partial charge >= 0.3 is 0 Å². The molecular weight excluding hydrogens is 425 g/mol. The van der Waals surface area contributed by atoms with E-state index in [1.165, 1.54) is 12.1 Å². The van der Waals surface area contributed by atoms with Crippen LogP contribution in [0.15, 0.2) is 47.4 Å². The fourth-order valence-electron chi connectivity index (χ4n) is 2.73. The Balaban J connectivity index is 2.52. The van der Waals surface area contributed by atoms with E-state index in [0.29, 0.717) is 6.07 Å². The van der Waals surface area contributed by atoms with Crippen molar-refractivity contribution in [2.75, 3.05) is 0 Å². The molecule has 3 rings (SSSR count). The van der Waals surface area contributed by atoms with Gasteiger partial charge in [-0.15, -0.1) is 0 Å². The molecule has 10 heteroatoms. The van der Waals surface area contributed by atoms with Crippen molar-refractivity contribution in [3.8, 4) is 22.3 Å². The van der Waals surface area contributed by atoms with E-state index in [-0.39, 0.29) is 5.02 Å². The fourth-order valence-corrected chi connectivity index (χ4v) is 3.59. The molecule has 0 spiro atoms. The maximum atomic E-state index is 14.7. The van der Waals surface area contributed by atoms with Gasteiger partial charge in [0.1, 0.15) is 5.82 Å². The number of hydrogen-bond donors (Lipinski definition) is 1. The van der Waals surface area contributed by atoms with Gasteiger partial charge in [0.25, 0.3) is 0 Å². The molecule has 3 aromatic rings. The molecule has 146 valence electrons. The normalized spacial score (nSPS) is 11.7. The van der Waals surface area contributed by atoms with Gasteiger partial charge in [-0.1, -0.05) is 35.9 Å². The van der Waals surface area contributed by atoms with Gasteiger partial charge in [0, 0.05) is 16.7 Å². The topological polar surface area (TPSA) is 60.2 Å². The van der Waals surface area contributed by atoms with E-state index in [2.05, 4.69) is 0 Å². The van der Waals surface area contributed by atoms with Crippen LogP contribution in [0.1, 0.15) is 0 Å². The first-order valence-corrected chi connectivity index (χ1v) is 9.40. The number of rotatable bonds is 3. The SMILES string of the molecule is NS(=O)(=O)c1ccccc1-c1c(F)c(F)c(F)c(F)c1-c1ccc(Cl)c(F)c1. The van der Waals surface area contributed by atoms with Crippen molar-refractivity contribution >= 4 is 21.6 Å². The molecule has 0 aliphatic carbocycles. The van der Waals surface area contributed by atoms with Crippen LogP contribution in [-0.2, 0) is 10.0 Å². The largest absolute Gasteiger partial charge is 0.238 e. The third-order valence-corrected chi connectivity index (χ3v) is 5.21. The minimum atomic E-state index is -4.45. The Morgan fingerprint density at radius 3 is 1.93 bits per heavy atom. The van der Waals surface area contributed by atoms with Crippen LogP contribution < -0.4 is 5.14 Å². The zero-order valence-corrected chi connectivity index (χ0v) is 15.2. The summed E-state index contributed by atoms with van der Waals surface area (Å²) in [4.78, 5) is -0.657. The Kier molecular flexibility index (Phi) is 5.18. The van der Waals surface area contributed by atoms with E-state index in [1.807, 2.05) is 0 Å². The lowest BCUT2D eigenvalue weighted by Gasteiger charge is -2.16. The second kappa shape index (κ2) is 7.16. The molecule has 0 amide bonds. The summed E-state index contributed by atoms with van der Waals surface area (Å²) in [5.74, 6) is -9.02. The summed E-state index contributed by atoms with van der Waals surface area (Å²) in [5, 5.41) is 4.75. The maximum absolute atomic E-state index is 14.7. The molecule has 0 aliphatic heterocycles. The fraction of sp³-hybridized carbons (Fsp3) is 0. The molecule has 0 fully saturated rings. The highest BCUT2D eigenvalue weighted by molar-refractivity contribution is 7.89. The predicted molar refractivity (Wildman–Crippen MR) is 93.5 cm³/mol. The molecule has 0 saturated carbocycles. The van der Waals surface area contributed by atoms with E-state index in [0.717, 1.165) is 24.3 Å². The van der Waals surface area contributed by atoms with Crippen LogP contribution in [0.3, 0.4) is 0 Å². The summed E-state index contributed by atoms with van der Waals surface area (Å²) in [7, 11) is -4.45. The zero-order chi connectivity index (χ0) is 20.8. The molecule has 0 radical (unpaired) electrons. The molecule has 0 heterocycles. The van der Waals surface area contributed by atoms with Crippen molar-refractivity contribution in [2.24, 2.45) is 5.14 Å². The Morgan fingerprint density at radius 1 is 0.786 bits per heavy atom. The maximum Gasteiger partial charge on any atom is 0.238 e. The van der Waals surface area contributed by atoms with Gasteiger partial charge in [-0.3, -0.25) is 0 Å². The highest BCUT2D eigenvalue weighted by Crippen LogP contribution is 2.41. The molecule has 0 atom stereocenters. The van der Waals surface area contributed by atoms with Gasteiger partial charge in [0.15, 0.2) is 23.3 Å². The Labute approximate surface area is 161 Å². The minimum Gasteiger partial charge on any atom is -0.225 e. The molecule has 3 nitrogen and oxygen atoms in total. The van der Waals surface area contributed by atoms with Crippen molar-refractivity contribution in [3.63, 3.8) is 0 Å². The number of primary sulfonamides is 1. The molecule has 3 aromatic carbocycles. The van der Waals surface area contributed by atoms with Crippen molar-refractivity contribution in [1.29, 1.82) is 0 Å². The third-order valence-electron chi connectivity index (χ3n) is 3.94. The number of halogens is 6. The summed E-state index contributed by atoms with van der Waals surface area (Å²) in [6, 6.07) is 7.25. The summed E-state index contributed by atoms with van der Waals surface area (Å²) >= 11 is 5.56. The average molecular weight is 434 g/mol. The van der Waals surface area contributed by atoms with Crippen LogP contribution >= 0.6 is 11.6 Å². The van der Waals surface area contributed by atoms with Crippen LogP contribution in [0, 0.1) is 29.1 Å². The first-order valence-electron chi connectivity index (χ1n) is 7.47. The molecule has 0 aromatic heterocycles. The highest BCUT2D eigenvalue weighted by atomic mass is 35.5. The number of benzene rings is 3. The third kappa shape index (κ3) is 3.36. The first kappa shape index (κ1) is 20.2. The number of sulfonamides is 1. The molecule has 0 bridgehead atoms. The lowest BCUT2D eigenvalue weighted by Crippen LogP contribution is -2.14. The van der Waals surface area contributed by atoms with Crippen molar-refractivity contribution < 1.29 is 30.4 Å². The van der Waals surface area contributed by atoms with E-state index in [4.69, 9.17) is 16.7 Å². The minimum absolute atomic E-state index is 0.348. The Bertz CT molecular complexity index is 1220.